The third kappa shape index (κ3) is 2.75. The van der Waals surface area contributed by atoms with Crippen molar-refractivity contribution in [2.45, 2.75) is 0 Å². The molecule has 0 aliphatic carbocycles. The first-order chi connectivity index (χ1) is 12.6. The minimum atomic E-state index is -0.168. The molecule has 1 aliphatic heterocycles. The van der Waals surface area contributed by atoms with Crippen LogP contribution in [0.2, 0.25) is 0 Å². The molecule has 0 aromatic heterocycles. The van der Waals surface area contributed by atoms with Crippen molar-refractivity contribution in [2.75, 3.05) is 23.4 Å². The Morgan fingerprint density at radius 2 is 1.35 bits per heavy atom. The minimum absolute atomic E-state index is 0.0484. The minimum Gasteiger partial charge on any atom is -0.312 e. The number of amides is 2. The van der Waals surface area contributed by atoms with Crippen molar-refractivity contribution in [1.82, 2.24) is 0 Å². The molecule has 0 bridgehead atoms. The molecule has 0 atom stereocenters. The average Bonchev–Trinajstić information content (AvgIpc) is 2.71. The maximum absolute atomic E-state index is 13.0. The van der Waals surface area contributed by atoms with Gasteiger partial charge in [0, 0.05) is 12.6 Å². The van der Waals surface area contributed by atoms with Crippen LogP contribution in [0.5, 0.6) is 0 Å². The van der Waals surface area contributed by atoms with E-state index >= 15 is 0 Å². The first kappa shape index (κ1) is 16.1. The van der Waals surface area contributed by atoms with Crippen LogP contribution in [0.1, 0.15) is 10.4 Å². The van der Waals surface area contributed by atoms with Gasteiger partial charge in [-0.05, 0) is 35.4 Å². The van der Waals surface area contributed by atoms with Gasteiger partial charge in [-0.15, -0.1) is 0 Å². The third-order valence-corrected chi connectivity index (χ3v) is 4.69. The Morgan fingerprint density at radius 1 is 0.769 bits per heavy atom. The summed E-state index contributed by atoms with van der Waals surface area (Å²) in [7, 11) is 1.73. The standard InChI is InChI=1S/C22H18N2O2/c1-23-19-9-5-6-10-20(19)24(15-21(23)25)22(26)18-13-11-17(12-14-18)16-7-3-2-4-8-16/h2-14H,15H2,1H3. The van der Waals surface area contributed by atoms with Crippen molar-refractivity contribution in [3.63, 3.8) is 0 Å². The molecule has 1 aliphatic rings. The third-order valence-electron chi connectivity index (χ3n) is 4.69. The summed E-state index contributed by atoms with van der Waals surface area (Å²) in [5, 5.41) is 0. The Kier molecular flexibility index (Phi) is 4.01. The Balaban J connectivity index is 1.66. The second-order valence-corrected chi connectivity index (χ2v) is 6.28. The average molecular weight is 342 g/mol. The van der Waals surface area contributed by atoms with Gasteiger partial charge in [-0.25, -0.2) is 0 Å². The van der Waals surface area contributed by atoms with Crippen molar-refractivity contribution in [3.8, 4) is 11.1 Å². The van der Waals surface area contributed by atoms with Crippen LogP contribution < -0.4 is 9.80 Å². The highest BCUT2D eigenvalue weighted by molar-refractivity contribution is 6.15. The van der Waals surface area contributed by atoms with E-state index in [1.165, 1.54) is 0 Å². The molecule has 0 saturated heterocycles. The van der Waals surface area contributed by atoms with Crippen LogP contribution in [0.15, 0.2) is 78.9 Å². The fraction of sp³-hybridized carbons (Fsp3) is 0.0909. The summed E-state index contributed by atoms with van der Waals surface area (Å²) in [6, 6.07) is 25.0. The fourth-order valence-corrected chi connectivity index (χ4v) is 3.21. The first-order valence-corrected chi connectivity index (χ1v) is 8.48. The zero-order chi connectivity index (χ0) is 18.1. The zero-order valence-electron chi connectivity index (χ0n) is 14.4. The number of rotatable bonds is 2. The summed E-state index contributed by atoms with van der Waals surface area (Å²) in [4.78, 5) is 28.4. The lowest BCUT2D eigenvalue weighted by Crippen LogP contribution is -2.46. The summed E-state index contributed by atoms with van der Waals surface area (Å²) < 4.78 is 0. The molecule has 2 amide bonds. The molecule has 0 radical (unpaired) electrons. The maximum Gasteiger partial charge on any atom is 0.258 e. The van der Waals surface area contributed by atoms with Crippen molar-refractivity contribution >= 4 is 23.2 Å². The van der Waals surface area contributed by atoms with E-state index in [2.05, 4.69) is 0 Å². The maximum atomic E-state index is 13.0. The van der Waals surface area contributed by atoms with E-state index in [1.54, 1.807) is 16.8 Å². The van der Waals surface area contributed by atoms with Gasteiger partial charge in [-0.2, -0.15) is 0 Å². The fourth-order valence-electron chi connectivity index (χ4n) is 3.21. The number of likely N-dealkylation sites (N-methyl/N-ethyl adjacent to an activating group) is 1. The molecule has 0 saturated carbocycles. The van der Waals surface area contributed by atoms with E-state index in [4.69, 9.17) is 0 Å². The van der Waals surface area contributed by atoms with Crippen LogP contribution in [-0.4, -0.2) is 25.4 Å². The number of benzene rings is 3. The number of hydrogen-bond donors (Lipinski definition) is 0. The van der Waals surface area contributed by atoms with E-state index in [9.17, 15) is 9.59 Å². The predicted molar refractivity (Wildman–Crippen MR) is 103 cm³/mol. The molecule has 0 N–H and O–H groups in total. The number of anilines is 2. The summed E-state index contributed by atoms with van der Waals surface area (Å²) >= 11 is 0. The van der Waals surface area contributed by atoms with Crippen LogP contribution in [-0.2, 0) is 4.79 Å². The largest absolute Gasteiger partial charge is 0.312 e. The lowest BCUT2D eigenvalue weighted by Gasteiger charge is -2.34. The topological polar surface area (TPSA) is 40.6 Å². The summed E-state index contributed by atoms with van der Waals surface area (Å²) in [5.74, 6) is -0.267. The Bertz CT molecular complexity index is 965. The van der Waals surface area contributed by atoms with Crippen molar-refractivity contribution < 1.29 is 9.59 Å². The van der Waals surface area contributed by atoms with E-state index in [-0.39, 0.29) is 18.4 Å². The molecule has 26 heavy (non-hydrogen) atoms. The number of para-hydroxylation sites is 2. The van der Waals surface area contributed by atoms with E-state index < -0.39 is 0 Å². The van der Waals surface area contributed by atoms with Crippen LogP contribution in [0.4, 0.5) is 11.4 Å². The Morgan fingerprint density at radius 3 is 2.04 bits per heavy atom. The lowest BCUT2D eigenvalue weighted by molar-refractivity contribution is -0.117. The molecule has 4 nitrogen and oxygen atoms in total. The van der Waals surface area contributed by atoms with Gasteiger partial charge in [0.05, 0.1) is 11.4 Å². The SMILES string of the molecule is CN1C(=O)CN(C(=O)c2ccc(-c3ccccc3)cc2)c2ccccc21. The molecular weight excluding hydrogens is 324 g/mol. The molecule has 128 valence electrons. The van der Waals surface area contributed by atoms with Crippen molar-refractivity contribution in [3.05, 3.63) is 84.4 Å². The van der Waals surface area contributed by atoms with Gasteiger partial charge in [-0.3, -0.25) is 14.5 Å². The van der Waals surface area contributed by atoms with Crippen LogP contribution >= 0.6 is 0 Å². The lowest BCUT2D eigenvalue weighted by atomic mass is 10.0. The van der Waals surface area contributed by atoms with E-state index in [1.807, 2.05) is 78.9 Å². The smallest absolute Gasteiger partial charge is 0.258 e. The number of hydrogen-bond acceptors (Lipinski definition) is 2. The first-order valence-electron chi connectivity index (χ1n) is 8.48. The molecule has 0 unspecified atom stereocenters. The second kappa shape index (κ2) is 6.48. The van der Waals surface area contributed by atoms with Crippen molar-refractivity contribution in [2.24, 2.45) is 0 Å². The predicted octanol–water partition coefficient (Wildman–Crippen LogP) is 3.98. The van der Waals surface area contributed by atoms with Crippen LogP contribution in [0.3, 0.4) is 0 Å². The highest BCUT2D eigenvalue weighted by atomic mass is 16.2. The molecule has 3 aromatic carbocycles. The molecule has 1 heterocycles. The van der Waals surface area contributed by atoms with Gasteiger partial charge in [0.1, 0.15) is 6.54 Å². The molecule has 0 spiro atoms. The number of nitrogens with zero attached hydrogens (tertiary/aromatic N) is 2. The monoisotopic (exact) mass is 342 g/mol. The van der Waals surface area contributed by atoms with Gasteiger partial charge in [0.2, 0.25) is 5.91 Å². The molecule has 0 fully saturated rings. The van der Waals surface area contributed by atoms with Crippen LogP contribution in [0, 0.1) is 0 Å². The summed E-state index contributed by atoms with van der Waals surface area (Å²) in [6.07, 6.45) is 0. The highest BCUT2D eigenvalue weighted by Crippen LogP contribution is 2.33. The van der Waals surface area contributed by atoms with Gasteiger partial charge in [0.25, 0.3) is 5.91 Å². The molecule has 4 heteroatoms. The van der Waals surface area contributed by atoms with Gasteiger partial charge in [0.15, 0.2) is 0 Å². The van der Waals surface area contributed by atoms with E-state index in [0.29, 0.717) is 5.56 Å². The zero-order valence-corrected chi connectivity index (χ0v) is 14.4. The van der Waals surface area contributed by atoms with Gasteiger partial charge < -0.3 is 4.90 Å². The number of fused-ring (bicyclic) bond motifs is 1. The van der Waals surface area contributed by atoms with Gasteiger partial charge in [-0.1, -0.05) is 54.6 Å². The normalized spacial score (nSPS) is 13.5. The number of carbonyl (C=O) groups excluding carboxylic acids is 2. The number of carbonyl (C=O) groups is 2. The Labute approximate surface area is 152 Å². The van der Waals surface area contributed by atoms with Crippen LogP contribution in [0.25, 0.3) is 11.1 Å². The molecule has 4 rings (SSSR count). The van der Waals surface area contributed by atoms with E-state index in [0.717, 1.165) is 22.5 Å². The quantitative estimate of drug-likeness (QED) is 0.707. The van der Waals surface area contributed by atoms with Crippen molar-refractivity contribution in [1.29, 1.82) is 0 Å². The Hall–Kier alpha value is -3.40. The van der Waals surface area contributed by atoms with Gasteiger partial charge >= 0.3 is 0 Å². The summed E-state index contributed by atoms with van der Waals surface area (Å²) in [6.45, 7) is 0.0484. The molecular formula is C22H18N2O2. The second-order valence-electron chi connectivity index (χ2n) is 6.28. The molecule has 3 aromatic rings. The highest BCUT2D eigenvalue weighted by Gasteiger charge is 2.30. The summed E-state index contributed by atoms with van der Waals surface area (Å²) in [5.41, 5.74) is 4.23.